The minimum atomic E-state index is -2.58. The molecule has 0 spiro atoms. The molecular formula is C22H51O10Si4. The Kier molecular flexibility index (Phi) is 19.8. The van der Waals surface area contributed by atoms with Crippen molar-refractivity contribution < 1.29 is 44.3 Å². The Morgan fingerprint density at radius 1 is 0.417 bits per heavy atom. The van der Waals surface area contributed by atoms with Gasteiger partial charge in [0, 0.05) is 82.1 Å². The van der Waals surface area contributed by atoms with Gasteiger partial charge in [0.2, 0.25) is 10.5 Å². The topological polar surface area (TPSA) is 92.3 Å². The predicted molar refractivity (Wildman–Crippen MR) is 146 cm³/mol. The van der Waals surface area contributed by atoms with Gasteiger partial charge in [-0.3, -0.25) is 0 Å². The van der Waals surface area contributed by atoms with Gasteiger partial charge in [-0.2, -0.15) is 0 Å². The summed E-state index contributed by atoms with van der Waals surface area (Å²) in [5, 5.41) is 0. The molecule has 0 unspecified atom stereocenters. The van der Waals surface area contributed by atoms with Crippen molar-refractivity contribution in [2.45, 2.75) is 81.5 Å². The number of rotatable bonds is 25. The Morgan fingerprint density at radius 3 is 0.806 bits per heavy atom. The first-order chi connectivity index (χ1) is 17.2. The molecule has 0 saturated heterocycles. The van der Waals surface area contributed by atoms with Gasteiger partial charge in [0.15, 0.2) is 0 Å². The lowest BCUT2D eigenvalue weighted by molar-refractivity contribution is 0.0417. The maximum absolute atomic E-state index is 6.03. The van der Waals surface area contributed by atoms with E-state index in [4.69, 9.17) is 44.3 Å². The first-order valence-electron chi connectivity index (χ1n) is 12.5. The summed E-state index contributed by atoms with van der Waals surface area (Å²) in [5.74, 6) is 0. The zero-order valence-electron chi connectivity index (χ0n) is 24.1. The molecule has 0 aliphatic carbocycles. The van der Waals surface area contributed by atoms with Gasteiger partial charge < -0.3 is 44.3 Å². The van der Waals surface area contributed by atoms with Gasteiger partial charge in [0.25, 0.3) is 0 Å². The SMILES string of the molecule is CO[Si](CCCCC(CCCC[Si](OC)(OC)OC)(CCCC[Si](OC)(OC)OC)O[Si])(OC)OC. The second kappa shape index (κ2) is 19.5. The van der Waals surface area contributed by atoms with Crippen LogP contribution in [0.1, 0.15) is 57.8 Å². The van der Waals surface area contributed by atoms with E-state index in [0.29, 0.717) is 0 Å². The molecular weight excluding hydrogens is 537 g/mol. The van der Waals surface area contributed by atoms with Gasteiger partial charge in [-0.1, -0.05) is 19.3 Å². The monoisotopic (exact) mass is 587 g/mol. The quantitative estimate of drug-likeness (QED) is 0.115. The van der Waals surface area contributed by atoms with Crippen LogP contribution in [0.15, 0.2) is 0 Å². The van der Waals surface area contributed by atoms with Crippen LogP contribution in [0.3, 0.4) is 0 Å². The van der Waals surface area contributed by atoms with Crippen LogP contribution in [0.2, 0.25) is 18.1 Å². The molecule has 0 aromatic carbocycles. The molecule has 36 heavy (non-hydrogen) atoms. The summed E-state index contributed by atoms with van der Waals surface area (Å²) in [6.07, 6.45) is 8.40. The minimum absolute atomic E-state index is 0.302. The van der Waals surface area contributed by atoms with E-state index in [1.807, 2.05) is 0 Å². The molecule has 0 aliphatic rings. The normalized spacial score (nSPS) is 13.5. The van der Waals surface area contributed by atoms with Gasteiger partial charge >= 0.3 is 26.4 Å². The number of hydrogen-bond acceptors (Lipinski definition) is 10. The summed E-state index contributed by atoms with van der Waals surface area (Å²) in [7, 11) is 10.5. The second-order valence-corrected chi connectivity index (χ2v) is 18.3. The van der Waals surface area contributed by atoms with Gasteiger partial charge in [-0.15, -0.1) is 0 Å². The lowest BCUT2D eigenvalue weighted by Crippen LogP contribution is -2.43. The van der Waals surface area contributed by atoms with Crippen molar-refractivity contribution >= 4 is 36.9 Å². The molecule has 215 valence electrons. The first kappa shape index (κ1) is 36.5. The molecule has 0 bridgehead atoms. The minimum Gasteiger partial charge on any atom is -0.413 e. The highest BCUT2D eigenvalue weighted by atomic mass is 28.4. The average molecular weight is 588 g/mol. The molecule has 0 amide bonds. The third kappa shape index (κ3) is 11.7. The maximum atomic E-state index is 6.03. The molecule has 0 aliphatic heterocycles. The predicted octanol–water partition coefficient (Wildman–Crippen LogP) is 3.97. The van der Waals surface area contributed by atoms with Crippen LogP contribution in [0.5, 0.6) is 0 Å². The molecule has 0 aromatic heterocycles. The van der Waals surface area contributed by atoms with E-state index in [9.17, 15) is 0 Å². The highest BCUT2D eigenvalue weighted by Gasteiger charge is 2.40. The molecule has 0 fully saturated rings. The smallest absolute Gasteiger partial charge is 0.413 e. The van der Waals surface area contributed by atoms with E-state index >= 15 is 0 Å². The molecule has 0 aromatic rings. The Labute approximate surface area is 226 Å². The third-order valence-corrected chi connectivity index (χ3v) is 16.0. The Hall–Kier alpha value is 0.468. The second-order valence-electron chi connectivity index (χ2n) is 8.79. The summed E-state index contributed by atoms with van der Waals surface area (Å²) in [6.45, 7) is 0. The van der Waals surface area contributed by atoms with Crippen molar-refractivity contribution in [1.29, 1.82) is 0 Å². The van der Waals surface area contributed by atoms with E-state index in [1.165, 1.54) is 0 Å². The maximum Gasteiger partial charge on any atom is 0.500 e. The Balaban J connectivity index is 5.15. The van der Waals surface area contributed by atoms with Crippen LogP contribution in [-0.2, 0) is 44.3 Å². The molecule has 0 heterocycles. The zero-order valence-corrected chi connectivity index (χ0v) is 28.1. The molecule has 0 rings (SSSR count). The summed E-state index contributed by atoms with van der Waals surface area (Å²) < 4.78 is 56.2. The van der Waals surface area contributed by atoms with Crippen molar-refractivity contribution in [3.8, 4) is 0 Å². The van der Waals surface area contributed by atoms with Crippen LogP contribution >= 0.6 is 0 Å². The van der Waals surface area contributed by atoms with Crippen molar-refractivity contribution in [3.63, 3.8) is 0 Å². The summed E-state index contributed by atoms with van der Waals surface area (Å²) in [6, 6.07) is 2.30. The zero-order chi connectivity index (χ0) is 27.6. The lowest BCUT2D eigenvalue weighted by atomic mass is 9.86. The van der Waals surface area contributed by atoms with Crippen LogP contribution in [0.25, 0.3) is 0 Å². The average Bonchev–Trinajstić information content (AvgIpc) is 2.94. The van der Waals surface area contributed by atoms with E-state index in [0.717, 1.165) is 75.9 Å². The fourth-order valence-corrected chi connectivity index (χ4v) is 10.3. The standard InChI is InChI=1S/C22H51O10Si4/c1-23-34(24-2,25-3)19-13-10-16-22(32-33,17-11-14-20-35(26-4,27-5)28-6)18-12-15-21-36(29-7,30-8)31-9/h10-21H2,1-9H3. The van der Waals surface area contributed by atoms with Gasteiger partial charge in [-0.25, -0.2) is 0 Å². The van der Waals surface area contributed by atoms with Crippen molar-refractivity contribution in [2.24, 2.45) is 0 Å². The Bertz CT molecular complexity index is 441. The highest BCUT2D eigenvalue weighted by molar-refractivity contribution is 6.61. The van der Waals surface area contributed by atoms with E-state index in [2.05, 4.69) is 10.5 Å². The molecule has 0 saturated carbocycles. The van der Waals surface area contributed by atoms with Crippen LogP contribution in [-0.4, -0.2) is 106 Å². The van der Waals surface area contributed by atoms with Crippen LogP contribution in [0, 0.1) is 0 Å². The largest absolute Gasteiger partial charge is 0.500 e. The van der Waals surface area contributed by atoms with E-state index in [1.54, 1.807) is 64.0 Å². The van der Waals surface area contributed by atoms with Gasteiger partial charge in [0.05, 0.1) is 5.60 Å². The molecule has 10 nitrogen and oxygen atoms in total. The first-order valence-corrected chi connectivity index (χ1v) is 18.7. The fraction of sp³-hybridized carbons (Fsp3) is 1.00. The molecule has 0 N–H and O–H groups in total. The molecule has 0 atom stereocenters. The summed E-state index contributed by atoms with van der Waals surface area (Å²) in [5.41, 5.74) is -0.302. The Morgan fingerprint density at radius 2 is 0.639 bits per heavy atom. The van der Waals surface area contributed by atoms with Crippen molar-refractivity contribution in [3.05, 3.63) is 0 Å². The lowest BCUT2D eigenvalue weighted by Gasteiger charge is -2.35. The van der Waals surface area contributed by atoms with Gasteiger partial charge in [-0.05, 0) is 38.5 Å². The van der Waals surface area contributed by atoms with Crippen LogP contribution in [0.4, 0.5) is 0 Å². The number of hydrogen-bond donors (Lipinski definition) is 0. The van der Waals surface area contributed by atoms with Crippen LogP contribution < -0.4 is 0 Å². The fourth-order valence-electron chi connectivity index (χ4n) is 4.56. The van der Waals surface area contributed by atoms with E-state index < -0.39 is 26.4 Å². The third-order valence-electron chi connectivity index (χ3n) is 7.11. The van der Waals surface area contributed by atoms with Crippen molar-refractivity contribution in [2.75, 3.05) is 64.0 Å². The van der Waals surface area contributed by atoms with Gasteiger partial charge in [0.1, 0.15) is 0 Å². The molecule has 14 heteroatoms. The number of unbranched alkanes of at least 4 members (excludes halogenated alkanes) is 3. The summed E-state index contributed by atoms with van der Waals surface area (Å²) in [4.78, 5) is 0. The molecule has 3 radical (unpaired) electrons. The highest BCUT2D eigenvalue weighted by Crippen LogP contribution is 2.33. The summed E-state index contributed by atoms with van der Waals surface area (Å²) >= 11 is 0. The van der Waals surface area contributed by atoms with Crippen molar-refractivity contribution in [1.82, 2.24) is 0 Å². The van der Waals surface area contributed by atoms with E-state index in [-0.39, 0.29) is 5.60 Å².